The average molecular weight is 425 g/mol. The van der Waals surface area contributed by atoms with Gasteiger partial charge in [-0.1, -0.05) is 42.1 Å². The van der Waals surface area contributed by atoms with E-state index < -0.39 is 0 Å². The van der Waals surface area contributed by atoms with Gasteiger partial charge in [0.25, 0.3) is 0 Å². The van der Waals surface area contributed by atoms with Crippen LogP contribution < -0.4 is 0 Å². The van der Waals surface area contributed by atoms with Gasteiger partial charge in [0.2, 0.25) is 5.91 Å². The van der Waals surface area contributed by atoms with E-state index in [0.717, 1.165) is 30.5 Å². The molecule has 4 rings (SSSR count). The molecule has 1 saturated heterocycles. The Kier molecular flexibility index (Phi) is 6.47. The number of nitrogens with zero attached hydrogens (tertiary/aromatic N) is 4. The summed E-state index contributed by atoms with van der Waals surface area (Å²) in [6.07, 6.45) is 3.32. The normalized spacial score (nSPS) is 16.6. The number of thioether (sulfide) groups is 1. The summed E-state index contributed by atoms with van der Waals surface area (Å²) in [4.78, 5) is 14.8. The number of hydrogen-bond donors (Lipinski definition) is 0. The molecule has 1 amide bonds. The second-order valence-electron chi connectivity index (χ2n) is 7.61. The third-order valence-corrected chi connectivity index (χ3v) is 6.40. The van der Waals surface area contributed by atoms with Crippen molar-refractivity contribution in [2.75, 3.05) is 12.3 Å². The van der Waals surface area contributed by atoms with Crippen molar-refractivity contribution in [2.45, 2.75) is 43.9 Å². The molecule has 5 nitrogen and oxygen atoms in total. The number of benzene rings is 2. The molecule has 1 atom stereocenters. The molecule has 0 radical (unpaired) electrons. The highest BCUT2D eigenvalue weighted by Gasteiger charge is 2.24. The second kappa shape index (κ2) is 9.43. The van der Waals surface area contributed by atoms with Crippen LogP contribution in [0.25, 0.3) is 11.4 Å². The molecule has 0 unspecified atom stereocenters. The highest BCUT2D eigenvalue weighted by atomic mass is 32.2. The van der Waals surface area contributed by atoms with Gasteiger partial charge in [0.15, 0.2) is 11.0 Å². The first-order valence-electron chi connectivity index (χ1n) is 10.3. The summed E-state index contributed by atoms with van der Waals surface area (Å²) in [5, 5.41) is 9.41. The standard InChI is InChI=1S/C23H25FN4OS/c1-17-7-5-6-14-27(17)21(29)16-30-23-26-25-22(19-10-12-20(24)13-11-19)28(23)15-18-8-3-2-4-9-18/h2-4,8-13,17H,5-7,14-16H2,1H3/t17-/m0/s1. The van der Waals surface area contributed by atoms with Crippen LogP contribution >= 0.6 is 11.8 Å². The molecule has 0 saturated carbocycles. The van der Waals surface area contributed by atoms with Gasteiger partial charge in [-0.2, -0.15) is 0 Å². The van der Waals surface area contributed by atoms with Gasteiger partial charge in [0.05, 0.1) is 12.3 Å². The summed E-state index contributed by atoms with van der Waals surface area (Å²) in [7, 11) is 0. The lowest BCUT2D eigenvalue weighted by atomic mass is 10.0. The maximum Gasteiger partial charge on any atom is 0.233 e. The molecular weight excluding hydrogens is 399 g/mol. The first kappa shape index (κ1) is 20.6. The molecule has 7 heteroatoms. The Bertz CT molecular complexity index is 990. The first-order chi connectivity index (χ1) is 14.6. The maximum atomic E-state index is 13.4. The summed E-state index contributed by atoms with van der Waals surface area (Å²) >= 11 is 1.41. The molecule has 2 heterocycles. The van der Waals surface area contributed by atoms with Crippen LogP contribution in [0.1, 0.15) is 31.7 Å². The van der Waals surface area contributed by atoms with E-state index in [4.69, 9.17) is 0 Å². The molecule has 30 heavy (non-hydrogen) atoms. The van der Waals surface area contributed by atoms with Gasteiger partial charge >= 0.3 is 0 Å². The zero-order valence-corrected chi connectivity index (χ0v) is 17.8. The summed E-state index contributed by atoms with van der Waals surface area (Å²) < 4.78 is 15.4. The van der Waals surface area contributed by atoms with Crippen molar-refractivity contribution < 1.29 is 9.18 Å². The number of aromatic nitrogens is 3. The van der Waals surface area contributed by atoms with Crippen LogP contribution in [0.3, 0.4) is 0 Å². The smallest absolute Gasteiger partial charge is 0.233 e. The molecule has 0 N–H and O–H groups in total. The van der Waals surface area contributed by atoms with E-state index in [1.165, 1.54) is 30.3 Å². The largest absolute Gasteiger partial charge is 0.339 e. The lowest BCUT2D eigenvalue weighted by molar-refractivity contribution is -0.131. The van der Waals surface area contributed by atoms with Gasteiger partial charge in [-0.05, 0) is 56.0 Å². The molecule has 1 aliphatic rings. The minimum atomic E-state index is -0.288. The maximum absolute atomic E-state index is 13.4. The van der Waals surface area contributed by atoms with Crippen LogP contribution in [-0.4, -0.2) is 43.9 Å². The Balaban J connectivity index is 1.57. The average Bonchev–Trinajstić information content (AvgIpc) is 3.16. The van der Waals surface area contributed by atoms with E-state index in [2.05, 4.69) is 17.1 Å². The topological polar surface area (TPSA) is 51.0 Å². The number of halogens is 1. The van der Waals surface area contributed by atoms with Gasteiger partial charge in [0.1, 0.15) is 5.82 Å². The van der Waals surface area contributed by atoms with E-state index >= 15 is 0 Å². The lowest BCUT2D eigenvalue weighted by Crippen LogP contribution is -2.43. The van der Waals surface area contributed by atoms with Crippen molar-refractivity contribution >= 4 is 17.7 Å². The first-order valence-corrected chi connectivity index (χ1v) is 11.3. The summed E-state index contributed by atoms with van der Waals surface area (Å²) in [5.74, 6) is 0.856. The molecule has 3 aromatic rings. The molecule has 1 aliphatic heterocycles. The number of amides is 1. The molecule has 156 valence electrons. The van der Waals surface area contributed by atoms with E-state index in [-0.39, 0.29) is 11.7 Å². The monoisotopic (exact) mass is 424 g/mol. The number of hydrogen-bond acceptors (Lipinski definition) is 4. The van der Waals surface area contributed by atoms with Crippen LogP contribution in [-0.2, 0) is 11.3 Å². The fourth-order valence-electron chi connectivity index (χ4n) is 3.79. The second-order valence-corrected chi connectivity index (χ2v) is 8.55. The van der Waals surface area contributed by atoms with E-state index in [0.29, 0.717) is 29.3 Å². The van der Waals surface area contributed by atoms with Crippen molar-refractivity contribution in [3.05, 3.63) is 66.0 Å². The molecule has 0 aliphatic carbocycles. The third kappa shape index (κ3) is 4.73. The van der Waals surface area contributed by atoms with Crippen molar-refractivity contribution in [3.8, 4) is 11.4 Å². The fourth-order valence-corrected chi connectivity index (χ4v) is 4.62. The highest BCUT2D eigenvalue weighted by Crippen LogP contribution is 2.26. The molecule has 0 spiro atoms. The van der Waals surface area contributed by atoms with Crippen LogP contribution in [0.2, 0.25) is 0 Å². The van der Waals surface area contributed by atoms with Crippen molar-refractivity contribution in [1.82, 2.24) is 19.7 Å². The van der Waals surface area contributed by atoms with E-state index in [9.17, 15) is 9.18 Å². The Hall–Kier alpha value is -2.67. The van der Waals surface area contributed by atoms with Crippen molar-refractivity contribution in [1.29, 1.82) is 0 Å². The number of piperidine rings is 1. The Labute approximate surface area is 180 Å². The van der Waals surface area contributed by atoms with Crippen LogP contribution in [0.4, 0.5) is 4.39 Å². The third-order valence-electron chi connectivity index (χ3n) is 5.45. The molecule has 1 aromatic heterocycles. The summed E-state index contributed by atoms with van der Waals surface area (Å²) in [6, 6.07) is 16.6. The predicted molar refractivity (Wildman–Crippen MR) is 117 cm³/mol. The fraction of sp³-hybridized carbons (Fsp3) is 0.348. The Morgan fingerprint density at radius 2 is 1.87 bits per heavy atom. The number of carbonyl (C=O) groups excluding carboxylic acids is 1. The number of rotatable bonds is 6. The van der Waals surface area contributed by atoms with Gasteiger partial charge in [-0.15, -0.1) is 10.2 Å². The minimum Gasteiger partial charge on any atom is -0.339 e. The Morgan fingerprint density at radius 1 is 1.10 bits per heavy atom. The summed E-state index contributed by atoms with van der Waals surface area (Å²) in [5.41, 5.74) is 1.90. The number of likely N-dealkylation sites (tertiary alicyclic amines) is 1. The van der Waals surface area contributed by atoms with E-state index in [1.54, 1.807) is 12.1 Å². The highest BCUT2D eigenvalue weighted by molar-refractivity contribution is 7.99. The molecular formula is C23H25FN4OS. The molecule has 0 bridgehead atoms. The predicted octanol–water partition coefficient (Wildman–Crippen LogP) is 4.63. The van der Waals surface area contributed by atoms with Gasteiger partial charge in [-0.3, -0.25) is 9.36 Å². The van der Waals surface area contributed by atoms with Crippen LogP contribution in [0, 0.1) is 5.82 Å². The zero-order chi connectivity index (χ0) is 20.9. The summed E-state index contributed by atoms with van der Waals surface area (Å²) in [6.45, 7) is 3.53. The SMILES string of the molecule is C[C@H]1CCCCN1C(=O)CSc1nnc(-c2ccc(F)cc2)n1Cc1ccccc1. The molecule has 2 aromatic carbocycles. The van der Waals surface area contributed by atoms with Crippen molar-refractivity contribution in [2.24, 2.45) is 0 Å². The van der Waals surface area contributed by atoms with Gasteiger partial charge in [-0.25, -0.2) is 4.39 Å². The van der Waals surface area contributed by atoms with Crippen LogP contribution in [0.5, 0.6) is 0 Å². The van der Waals surface area contributed by atoms with E-state index in [1.807, 2.05) is 39.8 Å². The zero-order valence-electron chi connectivity index (χ0n) is 17.0. The van der Waals surface area contributed by atoms with Gasteiger partial charge < -0.3 is 4.90 Å². The van der Waals surface area contributed by atoms with Gasteiger partial charge in [0, 0.05) is 18.2 Å². The minimum absolute atomic E-state index is 0.143. The quantitative estimate of drug-likeness (QED) is 0.542. The van der Waals surface area contributed by atoms with Crippen LogP contribution in [0.15, 0.2) is 59.8 Å². The number of carbonyl (C=O) groups is 1. The molecule has 1 fully saturated rings. The van der Waals surface area contributed by atoms with Crippen molar-refractivity contribution in [3.63, 3.8) is 0 Å². The Morgan fingerprint density at radius 3 is 2.60 bits per heavy atom. The lowest BCUT2D eigenvalue weighted by Gasteiger charge is -2.33.